The van der Waals surface area contributed by atoms with Crippen LogP contribution in [0.3, 0.4) is 0 Å². The van der Waals surface area contributed by atoms with Gasteiger partial charge in [0.25, 0.3) is 0 Å². The maximum Gasteiger partial charge on any atom is 0.119 e. The molecule has 0 spiro atoms. The van der Waals surface area contributed by atoms with Crippen LogP contribution in [-0.2, 0) is 0 Å². The summed E-state index contributed by atoms with van der Waals surface area (Å²) >= 11 is 1.48. The minimum Gasteiger partial charge on any atom is -0.396 e. The van der Waals surface area contributed by atoms with Crippen LogP contribution in [0.25, 0.3) is 5.00 Å². The van der Waals surface area contributed by atoms with Crippen LogP contribution in [0.15, 0.2) is 24.5 Å². The van der Waals surface area contributed by atoms with Gasteiger partial charge in [0.15, 0.2) is 0 Å². The Morgan fingerprint density at radius 2 is 2.17 bits per heavy atom. The van der Waals surface area contributed by atoms with E-state index in [0.717, 1.165) is 10.0 Å². The SMILES string of the molecule is Nc1cnn(-c2ccc(N)s2)c1. The number of nitrogens with zero attached hydrogens (tertiary/aromatic N) is 2. The molecule has 0 unspecified atom stereocenters. The smallest absolute Gasteiger partial charge is 0.119 e. The molecular formula is C7H8N4S. The molecule has 0 aliphatic carbocycles. The second kappa shape index (κ2) is 2.53. The first kappa shape index (κ1) is 7.17. The summed E-state index contributed by atoms with van der Waals surface area (Å²) in [5.74, 6) is 0. The van der Waals surface area contributed by atoms with Gasteiger partial charge in [-0.25, -0.2) is 4.68 Å². The fraction of sp³-hybridized carbons (Fsp3) is 0. The highest BCUT2D eigenvalue weighted by Crippen LogP contribution is 2.22. The molecule has 4 N–H and O–H groups in total. The third-order valence-corrected chi connectivity index (χ3v) is 2.35. The lowest BCUT2D eigenvalue weighted by Crippen LogP contribution is -1.89. The van der Waals surface area contributed by atoms with E-state index in [0.29, 0.717) is 5.69 Å². The molecule has 2 aromatic rings. The Kier molecular flexibility index (Phi) is 1.51. The van der Waals surface area contributed by atoms with Gasteiger partial charge in [-0.15, -0.1) is 0 Å². The lowest BCUT2D eigenvalue weighted by molar-refractivity contribution is 0.898. The van der Waals surface area contributed by atoms with E-state index < -0.39 is 0 Å². The van der Waals surface area contributed by atoms with E-state index in [2.05, 4.69) is 5.10 Å². The van der Waals surface area contributed by atoms with Crippen molar-refractivity contribution >= 4 is 22.0 Å². The third-order valence-electron chi connectivity index (χ3n) is 1.44. The van der Waals surface area contributed by atoms with Crippen LogP contribution in [0.4, 0.5) is 10.7 Å². The molecule has 0 fully saturated rings. The largest absolute Gasteiger partial charge is 0.396 e. The van der Waals surface area contributed by atoms with Crippen molar-refractivity contribution in [3.8, 4) is 5.00 Å². The molecule has 0 saturated carbocycles. The molecule has 0 atom stereocenters. The molecule has 4 nitrogen and oxygen atoms in total. The predicted molar refractivity (Wildman–Crippen MR) is 50.3 cm³/mol. The molecule has 62 valence electrons. The fourth-order valence-corrected chi connectivity index (χ4v) is 1.63. The number of rotatable bonds is 1. The molecule has 0 aliphatic heterocycles. The van der Waals surface area contributed by atoms with Crippen molar-refractivity contribution in [1.29, 1.82) is 0 Å². The van der Waals surface area contributed by atoms with E-state index >= 15 is 0 Å². The van der Waals surface area contributed by atoms with Crippen LogP contribution >= 0.6 is 11.3 Å². The molecule has 5 heteroatoms. The lowest BCUT2D eigenvalue weighted by atomic mass is 10.6. The Morgan fingerprint density at radius 3 is 2.67 bits per heavy atom. The van der Waals surface area contributed by atoms with Crippen LogP contribution in [0, 0.1) is 0 Å². The number of hydrogen-bond donors (Lipinski definition) is 2. The van der Waals surface area contributed by atoms with Gasteiger partial charge in [0.1, 0.15) is 5.00 Å². The summed E-state index contributed by atoms with van der Waals surface area (Å²) in [6.45, 7) is 0. The summed E-state index contributed by atoms with van der Waals surface area (Å²) in [5, 5.41) is 5.80. The van der Waals surface area contributed by atoms with E-state index in [1.165, 1.54) is 11.3 Å². The Morgan fingerprint density at radius 1 is 1.33 bits per heavy atom. The monoisotopic (exact) mass is 180 g/mol. The fourth-order valence-electron chi connectivity index (χ4n) is 0.923. The van der Waals surface area contributed by atoms with Crippen molar-refractivity contribution in [3.63, 3.8) is 0 Å². The number of nitrogen functional groups attached to an aromatic ring is 2. The van der Waals surface area contributed by atoms with Gasteiger partial charge in [0.05, 0.1) is 23.1 Å². The number of aromatic nitrogens is 2. The second-order valence-electron chi connectivity index (χ2n) is 2.39. The van der Waals surface area contributed by atoms with Gasteiger partial charge in [0, 0.05) is 0 Å². The van der Waals surface area contributed by atoms with Crippen LogP contribution in [0.2, 0.25) is 0 Å². The molecule has 2 heterocycles. The van der Waals surface area contributed by atoms with Crippen molar-refractivity contribution in [2.75, 3.05) is 11.5 Å². The summed E-state index contributed by atoms with van der Waals surface area (Å²) in [6.07, 6.45) is 3.36. The number of nitrogens with two attached hydrogens (primary N) is 2. The van der Waals surface area contributed by atoms with Gasteiger partial charge >= 0.3 is 0 Å². The Hall–Kier alpha value is -1.49. The quantitative estimate of drug-likeness (QED) is 0.690. The molecule has 2 rings (SSSR count). The Bertz CT molecular complexity index is 351. The molecule has 0 bridgehead atoms. The average Bonchev–Trinajstić information content (AvgIpc) is 2.58. The zero-order chi connectivity index (χ0) is 8.55. The molecule has 0 aromatic carbocycles. The van der Waals surface area contributed by atoms with E-state index in [9.17, 15) is 0 Å². The predicted octanol–water partition coefficient (Wildman–Crippen LogP) is 1.10. The summed E-state index contributed by atoms with van der Waals surface area (Å²) in [7, 11) is 0. The first-order chi connectivity index (χ1) is 5.75. The van der Waals surface area contributed by atoms with Gasteiger partial charge < -0.3 is 11.5 Å². The average molecular weight is 180 g/mol. The highest BCUT2D eigenvalue weighted by atomic mass is 32.1. The summed E-state index contributed by atoms with van der Waals surface area (Å²) in [4.78, 5) is 0. The lowest BCUT2D eigenvalue weighted by Gasteiger charge is -1.92. The molecule has 0 aliphatic rings. The summed E-state index contributed by atoms with van der Waals surface area (Å²) in [6, 6.07) is 3.75. The number of thiophene rings is 1. The third kappa shape index (κ3) is 1.14. The van der Waals surface area contributed by atoms with Gasteiger partial charge in [-0.2, -0.15) is 5.10 Å². The zero-order valence-electron chi connectivity index (χ0n) is 6.27. The standard InChI is InChI=1S/C7H8N4S/c8-5-3-10-11(4-5)7-2-1-6(9)12-7/h1-4H,8-9H2. The zero-order valence-corrected chi connectivity index (χ0v) is 7.08. The van der Waals surface area contributed by atoms with Crippen molar-refractivity contribution in [2.24, 2.45) is 0 Å². The second-order valence-corrected chi connectivity index (χ2v) is 3.49. The highest BCUT2D eigenvalue weighted by molar-refractivity contribution is 7.18. The summed E-state index contributed by atoms with van der Waals surface area (Å²) < 4.78 is 1.70. The molecule has 2 aromatic heterocycles. The molecular weight excluding hydrogens is 172 g/mol. The van der Waals surface area contributed by atoms with Crippen LogP contribution in [0.1, 0.15) is 0 Å². The van der Waals surface area contributed by atoms with E-state index in [1.807, 2.05) is 12.1 Å². The van der Waals surface area contributed by atoms with Crippen molar-refractivity contribution in [3.05, 3.63) is 24.5 Å². The van der Waals surface area contributed by atoms with E-state index in [-0.39, 0.29) is 0 Å². The van der Waals surface area contributed by atoms with E-state index in [1.54, 1.807) is 17.1 Å². The van der Waals surface area contributed by atoms with Crippen LogP contribution < -0.4 is 11.5 Å². The van der Waals surface area contributed by atoms with Crippen molar-refractivity contribution in [1.82, 2.24) is 9.78 Å². The number of hydrogen-bond acceptors (Lipinski definition) is 4. The maximum absolute atomic E-state index is 5.57. The molecule has 0 amide bonds. The Balaban J connectivity index is 2.43. The van der Waals surface area contributed by atoms with Gasteiger partial charge in [-0.05, 0) is 12.1 Å². The van der Waals surface area contributed by atoms with E-state index in [4.69, 9.17) is 11.5 Å². The number of anilines is 2. The van der Waals surface area contributed by atoms with Gasteiger partial charge in [-0.3, -0.25) is 0 Å². The van der Waals surface area contributed by atoms with Gasteiger partial charge in [-0.1, -0.05) is 11.3 Å². The minimum atomic E-state index is 0.655. The van der Waals surface area contributed by atoms with Gasteiger partial charge in [0.2, 0.25) is 0 Å². The van der Waals surface area contributed by atoms with Crippen molar-refractivity contribution in [2.45, 2.75) is 0 Å². The maximum atomic E-state index is 5.57. The first-order valence-corrected chi connectivity index (χ1v) is 4.23. The highest BCUT2D eigenvalue weighted by Gasteiger charge is 2.00. The van der Waals surface area contributed by atoms with Crippen LogP contribution in [0.5, 0.6) is 0 Å². The molecule has 12 heavy (non-hydrogen) atoms. The van der Waals surface area contributed by atoms with Crippen molar-refractivity contribution < 1.29 is 0 Å². The first-order valence-electron chi connectivity index (χ1n) is 3.41. The van der Waals surface area contributed by atoms with Crippen LogP contribution in [-0.4, -0.2) is 9.78 Å². The molecule has 0 radical (unpaired) electrons. The summed E-state index contributed by atoms with van der Waals surface area (Å²) in [5.41, 5.74) is 11.7. The minimum absolute atomic E-state index is 0.655. The molecule has 0 saturated heterocycles. The topological polar surface area (TPSA) is 69.9 Å². The Labute approximate surface area is 73.4 Å². The normalized spacial score (nSPS) is 10.3.